The number of nitrogens with one attached hydrogen (secondary N) is 1. The van der Waals surface area contributed by atoms with Crippen LogP contribution in [0, 0.1) is 12.7 Å². The molecule has 0 aliphatic heterocycles. The quantitative estimate of drug-likeness (QED) is 0.840. The molecule has 1 N–H and O–H groups in total. The fraction of sp³-hybridized carbons (Fsp3) is 0.188. The standard InChI is InChI=1S/C16H15BrFNO/c1-11-7-8-13(18)9-14(11)16(20)19-10-15(17)12-5-3-2-4-6-12/h2-9,15H,10H2,1H3,(H,19,20). The lowest BCUT2D eigenvalue weighted by atomic mass is 10.1. The molecule has 104 valence electrons. The number of hydrogen-bond donors (Lipinski definition) is 1. The van der Waals surface area contributed by atoms with Crippen LogP contribution in [0.1, 0.15) is 26.3 Å². The van der Waals surface area contributed by atoms with E-state index in [9.17, 15) is 9.18 Å². The third kappa shape index (κ3) is 3.67. The molecule has 0 heterocycles. The Morgan fingerprint density at radius 1 is 1.25 bits per heavy atom. The van der Waals surface area contributed by atoms with Crippen LogP contribution in [-0.2, 0) is 0 Å². The van der Waals surface area contributed by atoms with Crippen LogP contribution in [0.4, 0.5) is 4.39 Å². The van der Waals surface area contributed by atoms with Crippen molar-refractivity contribution in [1.29, 1.82) is 0 Å². The van der Waals surface area contributed by atoms with Gasteiger partial charge in [-0.05, 0) is 30.2 Å². The highest BCUT2D eigenvalue weighted by Gasteiger charge is 2.12. The number of halogens is 2. The van der Waals surface area contributed by atoms with Crippen molar-refractivity contribution < 1.29 is 9.18 Å². The number of carbonyl (C=O) groups excluding carboxylic acids is 1. The Bertz CT molecular complexity index is 601. The summed E-state index contributed by atoms with van der Waals surface area (Å²) >= 11 is 3.53. The van der Waals surface area contributed by atoms with Crippen LogP contribution in [0.5, 0.6) is 0 Å². The molecular weight excluding hydrogens is 321 g/mol. The Hall–Kier alpha value is -1.68. The van der Waals surface area contributed by atoms with E-state index < -0.39 is 5.82 Å². The normalized spacial score (nSPS) is 11.9. The van der Waals surface area contributed by atoms with Gasteiger partial charge in [0, 0.05) is 12.1 Å². The van der Waals surface area contributed by atoms with Gasteiger partial charge >= 0.3 is 0 Å². The van der Waals surface area contributed by atoms with Gasteiger partial charge in [0.2, 0.25) is 0 Å². The van der Waals surface area contributed by atoms with Crippen LogP contribution >= 0.6 is 15.9 Å². The Morgan fingerprint density at radius 3 is 2.65 bits per heavy atom. The summed E-state index contributed by atoms with van der Waals surface area (Å²) in [6.07, 6.45) is 0. The van der Waals surface area contributed by atoms with Crippen molar-refractivity contribution >= 4 is 21.8 Å². The van der Waals surface area contributed by atoms with Gasteiger partial charge in [-0.1, -0.05) is 52.3 Å². The van der Waals surface area contributed by atoms with E-state index in [4.69, 9.17) is 0 Å². The van der Waals surface area contributed by atoms with Crippen molar-refractivity contribution in [3.05, 3.63) is 71.0 Å². The van der Waals surface area contributed by atoms with Gasteiger partial charge in [-0.3, -0.25) is 4.79 Å². The molecule has 0 saturated heterocycles. The van der Waals surface area contributed by atoms with Crippen molar-refractivity contribution in [2.45, 2.75) is 11.8 Å². The van der Waals surface area contributed by atoms with Crippen molar-refractivity contribution in [1.82, 2.24) is 5.32 Å². The van der Waals surface area contributed by atoms with E-state index in [-0.39, 0.29) is 10.7 Å². The molecule has 4 heteroatoms. The second kappa shape index (κ2) is 6.66. The van der Waals surface area contributed by atoms with Crippen LogP contribution in [0.3, 0.4) is 0 Å². The van der Waals surface area contributed by atoms with Gasteiger partial charge in [0.15, 0.2) is 0 Å². The lowest BCUT2D eigenvalue weighted by molar-refractivity contribution is 0.0953. The average molecular weight is 336 g/mol. The first-order valence-corrected chi connectivity index (χ1v) is 7.23. The number of amides is 1. The lowest BCUT2D eigenvalue weighted by Crippen LogP contribution is -2.27. The molecule has 2 rings (SSSR count). The summed E-state index contributed by atoms with van der Waals surface area (Å²) in [5, 5.41) is 2.81. The second-order valence-electron chi connectivity index (χ2n) is 4.55. The molecule has 2 aromatic carbocycles. The summed E-state index contributed by atoms with van der Waals surface area (Å²) in [5.74, 6) is -0.665. The number of rotatable bonds is 4. The van der Waals surface area contributed by atoms with E-state index in [1.165, 1.54) is 12.1 Å². The highest BCUT2D eigenvalue weighted by molar-refractivity contribution is 9.09. The summed E-state index contributed by atoms with van der Waals surface area (Å²) < 4.78 is 13.2. The third-order valence-corrected chi connectivity index (χ3v) is 3.90. The molecule has 1 unspecified atom stereocenters. The zero-order valence-electron chi connectivity index (χ0n) is 11.1. The first-order valence-electron chi connectivity index (χ1n) is 6.31. The zero-order valence-corrected chi connectivity index (χ0v) is 12.7. The first-order chi connectivity index (χ1) is 9.58. The van der Waals surface area contributed by atoms with Crippen molar-refractivity contribution in [2.24, 2.45) is 0 Å². The largest absolute Gasteiger partial charge is 0.351 e. The molecule has 1 amide bonds. The predicted octanol–water partition coefficient (Wildman–Crippen LogP) is 4.00. The molecule has 0 radical (unpaired) electrons. The highest BCUT2D eigenvalue weighted by atomic mass is 79.9. The minimum absolute atomic E-state index is 0.0292. The van der Waals surface area contributed by atoms with Gasteiger partial charge in [0.25, 0.3) is 5.91 Å². The molecular formula is C16H15BrFNO. The lowest BCUT2D eigenvalue weighted by Gasteiger charge is -2.12. The third-order valence-electron chi connectivity index (χ3n) is 3.05. The average Bonchev–Trinajstić information content (AvgIpc) is 2.47. The number of aryl methyl sites for hydroxylation is 1. The smallest absolute Gasteiger partial charge is 0.251 e. The van der Waals surface area contributed by atoms with E-state index >= 15 is 0 Å². The van der Waals surface area contributed by atoms with E-state index in [1.807, 2.05) is 30.3 Å². The molecule has 20 heavy (non-hydrogen) atoms. The van der Waals surface area contributed by atoms with E-state index in [1.54, 1.807) is 13.0 Å². The molecule has 1 atom stereocenters. The van der Waals surface area contributed by atoms with Crippen LogP contribution in [0.2, 0.25) is 0 Å². The van der Waals surface area contributed by atoms with Crippen LogP contribution in [0.15, 0.2) is 48.5 Å². The SMILES string of the molecule is Cc1ccc(F)cc1C(=O)NCC(Br)c1ccccc1. The maximum Gasteiger partial charge on any atom is 0.251 e. The minimum atomic E-state index is -0.404. The molecule has 2 aromatic rings. The molecule has 0 aliphatic rings. The number of hydrogen-bond acceptors (Lipinski definition) is 1. The van der Waals surface area contributed by atoms with Gasteiger partial charge in [0.1, 0.15) is 5.82 Å². The van der Waals surface area contributed by atoms with Gasteiger partial charge in [0.05, 0.1) is 4.83 Å². The van der Waals surface area contributed by atoms with E-state index in [2.05, 4.69) is 21.2 Å². The fourth-order valence-corrected chi connectivity index (χ4v) is 2.36. The Morgan fingerprint density at radius 2 is 1.95 bits per heavy atom. The predicted molar refractivity (Wildman–Crippen MR) is 81.6 cm³/mol. The van der Waals surface area contributed by atoms with Gasteiger partial charge in [-0.15, -0.1) is 0 Å². The first kappa shape index (κ1) is 14.7. The molecule has 0 bridgehead atoms. The topological polar surface area (TPSA) is 29.1 Å². The van der Waals surface area contributed by atoms with Crippen LogP contribution in [-0.4, -0.2) is 12.5 Å². The van der Waals surface area contributed by atoms with Gasteiger partial charge in [-0.25, -0.2) is 4.39 Å². The molecule has 0 saturated carbocycles. The summed E-state index contributed by atoms with van der Waals surface area (Å²) in [6, 6.07) is 14.0. The Balaban J connectivity index is 2.00. The number of carbonyl (C=O) groups is 1. The van der Waals surface area contributed by atoms with Crippen molar-refractivity contribution in [2.75, 3.05) is 6.54 Å². The minimum Gasteiger partial charge on any atom is -0.351 e. The van der Waals surface area contributed by atoms with Crippen molar-refractivity contribution in [3.63, 3.8) is 0 Å². The van der Waals surface area contributed by atoms with Crippen LogP contribution < -0.4 is 5.32 Å². The Labute approximate surface area is 126 Å². The van der Waals surface area contributed by atoms with Gasteiger partial charge < -0.3 is 5.32 Å². The fourth-order valence-electron chi connectivity index (χ4n) is 1.90. The second-order valence-corrected chi connectivity index (χ2v) is 5.65. The van der Waals surface area contributed by atoms with E-state index in [0.717, 1.165) is 11.1 Å². The summed E-state index contributed by atoms with van der Waals surface area (Å²) in [6.45, 7) is 2.23. The summed E-state index contributed by atoms with van der Waals surface area (Å²) in [5.41, 5.74) is 2.22. The molecule has 0 fully saturated rings. The van der Waals surface area contributed by atoms with Crippen LogP contribution in [0.25, 0.3) is 0 Å². The maximum atomic E-state index is 13.2. The molecule has 0 aliphatic carbocycles. The molecule has 0 aromatic heterocycles. The monoisotopic (exact) mass is 335 g/mol. The number of alkyl halides is 1. The zero-order chi connectivity index (χ0) is 14.5. The highest BCUT2D eigenvalue weighted by Crippen LogP contribution is 2.21. The molecule has 2 nitrogen and oxygen atoms in total. The van der Waals surface area contributed by atoms with E-state index in [0.29, 0.717) is 12.1 Å². The summed E-state index contributed by atoms with van der Waals surface area (Å²) in [4.78, 5) is 12.1. The Kier molecular flexibility index (Phi) is 4.90. The number of benzene rings is 2. The maximum absolute atomic E-state index is 13.2. The summed E-state index contributed by atoms with van der Waals surface area (Å²) in [7, 11) is 0. The van der Waals surface area contributed by atoms with Crippen molar-refractivity contribution in [3.8, 4) is 0 Å². The molecule has 0 spiro atoms. The van der Waals surface area contributed by atoms with Gasteiger partial charge in [-0.2, -0.15) is 0 Å².